The second kappa shape index (κ2) is 4.57. The van der Waals surface area contributed by atoms with E-state index in [2.05, 4.69) is 10.3 Å². The lowest BCUT2D eigenvalue weighted by Crippen LogP contribution is -2.48. The van der Waals surface area contributed by atoms with Crippen molar-refractivity contribution >= 4 is 16.9 Å². The molecule has 3 rings (SSSR count). The number of amidine groups is 1. The molecule has 0 bridgehead atoms. The van der Waals surface area contributed by atoms with E-state index in [9.17, 15) is 0 Å². The van der Waals surface area contributed by atoms with Gasteiger partial charge in [0.15, 0.2) is 5.17 Å². The summed E-state index contributed by atoms with van der Waals surface area (Å²) in [6.45, 7) is 2.83. The van der Waals surface area contributed by atoms with Gasteiger partial charge in [0.05, 0.1) is 5.54 Å². The van der Waals surface area contributed by atoms with Crippen LogP contribution in [0.15, 0.2) is 4.99 Å². The highest BCUT2D eigenvalue weighted by Crippen LogP contribution is 2.33. The third-order valence-corrected chi connectivity index (χ3v) is 5.00. The minimum absolute atomic E-state index is 0.307. The number of rotatable bonds is 3. The van der Waals surface area contributed by atoms with Crippen molar-refractivity contribution in [3.05, 3.63) is 0 Å². The number of aliphatic imine (C=N–C) groups is 1. The molecule has 0 atom stereocenters. The van der Waals surface area contributed by atoms with E-state index in [0.29, 0.717) is 5.54 Å². The molecule has 2 heterocycles. The van der Waals surface area contributed by atoms with E-state index in [0.717, 1.165) is 38.5 Å². The van der Waals surface area contributed by atoms with Crippen molar-refractivity contribution < 1.29 is 4.74 Å². The van der Waals surface area contributed by atoms with Crippen LogP contribution in [0, 0.1) is 5.92 Å². The predicted molar refractivity (Wildman–Crippen MR) is 68.0 cm³/mol. The number of thioether (sulfide) groups is 1. The van der Waals surface area contributed by atoms with Crippen molar-refractivity contribution in [2.24, 2.45) is 10.9 Å². The highest BCUT2D eigenvalue weighted by molar-refractivity contribution is 8.14. The molecule has 0 aromatic heterocycles. The summed E-state index contributed by atoms with van der Waals surface area (Å²) in [5.74, 6) is 2.17. The number of hydrogen-bond donors (Lipinski definition) is 1. The molecule has 1 saturated carbocycles. The SMILES string of the molecule is C(CC1CC1)N=C1NC2(CCOCC2)CS1. The maximum Gasteiger partial charge on any atom is 0.157 e. The molecule has 16 heavy (non-hydrogen) atoms. The monoisotopic (exact) mass is 240 g/mol. The van der Waals surface area contributed by atoms with Gasteiger partial charge in [-0.1, -0.05) is 24.6 Å². The standard InChI is InChI=1S/C12H20N2OS/c1-2-10(1)3-6-13-11-14-12(9-16-11)4-7-15-8-5-12/h10H,1-9H2,(H,13,14). The van der Waals surface area contributed by atoms with Crippen LogP contribution < -0.4 is 5.32 Å². The number of nitrogens with one attached hydrogen (secondary N) is 1. The average molecular weight is 240 g/mol. The van der Waals surface area contributed by atoms with Gasteiger partial charge in [-0.05, 0) is 25.2 Å². The minimum Gasteiger partial charge on any atom is -0.381 e. The Hall–Kier alpha value is -0.220. The Kier molecular flexibility index (Phi) is 3.11. The quantitative estimate of drug-likeness (QED) is 0.819. The van der Waals surface area contributed by atoms with Crippen LogP contribution in [-0.4, -0.2) is 36.2 Å². The zero-order valence-corrected chi connectivity index (χ0v) is 10.5. The molecule has 0 aromatic carbocycles. The lowest BCUT2D eigenvalue weighted by molar-refractivity contribution is 0.0555. The Balaban J connectivity index is 1.50. The van der Waals surface area contributed by atoms with Gasteiger partial charge in [0, 0.05) is 25.5 Å². The summed E-state index contributed by atoms with van der Waals surface area (Å²) in [6, 6.07) is 0. The average Bonchev–Trinajstić information content (AvgIpc) is 3.04. The van der Waals surface area contributed by atoms with Crippen molar-refractivity contribution in [3.63, 3.8) is 0 Å². The minimum atomic E-state index is 0.307. The summed E-state index contributed by atoms with van der Waals surface area (Å²) in [5.41, 5.74) is 0.307. The third kappa shape index (κ3) is 2.54. The highest BCUT2D eigenvalue weighted by Gasteiger charge is 2.38. The summed E-state index contributed by atoms with van der Waals surface area (Å²) >= 11 is 1.90. The van der Waals surface area contributed by atoms with E-state index >= 15 is 0 Å². The predicted octanol–water partition coefficient (Wildman–Crippen LogP) is 2.03. The van der Waals surface area contributed by atoms with Crippen LogP contribution in [0.2, 0.25) is 0 Å². The normalized spacial score (nSPS) is 30.9. The first-order valence-corrected chi connectivity index (χ1v) is 7.38. The molecule has 0 amide bonds. The molecule has 0 radical (unpaired) electrons. The number of ether oxygens (including phenoxy) is 1. The molecular weight excluding hydrogens is 220 g/mol. The molecule has 1 aliphatic carbocycles. The van der Waals surface area contributed by atoms with Gasteiger partial charge in [0.2, 0.25) is 0 Å². The van der Waals surface area contributed by atoms with Crippen LogP contribution in [0.1, 0.15) is 32.1 Å². The van der Waals surface area contributed by atoms with Crippen LogP contribution in [-0.2, 0) is 4.74 Å². The summed E-state index contributed by atoms with van der Waals surface area (Å²) in [5, 5.41) is 4.82. The zero-order chi connectivity index (χ0) is 10.8. The molecule has 3 nitrogen and oxygen atoms in total. The van der Waals surface area contributed by atoms with Crippen LogP contribution in [0.3, 0.4) is 0 Å². The fourth-order valence-electron chi connectivity index (χ4n) is 2.38. The van der Waals surface area contributed by atoms with Crippen molar-refractivity contribution in [2.75, 3.05) is 25.5 Å². The second-order valence-corrected chi connectivity index (χ2v) is 6.19. The summed E-state index contributed by atoms with van der Waals surface area (Å²) in [7, 11) is 0. The van der Waals surface area contributed by atoms with Crippen LogP contribution in [0.25, 0.3) is 0 Å². The first-order valence-electron chi connectivity index (χ1n) is 6.40. The Morgan fingerprint density at radius 2 is 2.19 bits per heavy atom. The molecule has 3 fully saturated rings. The zero-order valence-electron chi connectivity index (χ0n) is 9.71. The largest absolute Gasteiger partial charge is 0.381 e. The number of nitrogens with zero attached hydrogens (tertiary/aromatic N) is 1. The van der Waals surface area contributed by atoms with Crippen LogP contribution >= 0.6 is 11.8 Å². The van der Waals surface area contributed by atoms with Gasteiger partial charge in [-0.15, -0.1) is 0 Å². The van der Waals surface area contributed by atoms with Gasteiger partial charge in [-0.2, -0.15) is 0 Å². The molecule has 1 spiro atoms. The maximum atomic E-state index is 5.42. The molecule has 90 valence electrons. The molecule has 0 unspecified atom stereocenters. The third-order valence-electron chi connectivity index (χ3n) is 3.80. The first-order chi connectivity index (χ1) is 7.86. The van der Waals surface area contributed by atoms with Gasteiger partial charge < -0.3 is 10.1 Å². The van der Waals surface area contributed by atoms with Crippen LogP contribution in [0.5, 0.6) is 0 Å². The smallest absolute Gasteiger partial charge is 0.157 e. The van der Waals surface area contributed by atoms with Crippen molar-refractivity contribution in [3.8, 4) is 0 Å². The molecular formula is C12H20N2OS. The van der Waals surface area contributed by atoms with E-state index < -0.39 is 0 Å². The topological polar surface area (TPSA) is 33.6 Å². The van der Waals surface area contributed by atoms with Gasteiger partial charge in [-0.3, -0.25) is 4.99 Å². The van der Waals surface area contributed by atoms with Crippen LogP contribution in [0.4, 0.5) is 0 Å². The fourth-order valence-corrected chi connectivity index (χ4v) is 3.62. The molecule has 4 heteroatoms. The Labute approximate surface area is 101 Å². The molecule has 0 aromatic rings. The Morgan fingerprint density at radius 3 is 2.94 bits per heavy atom. The van der Waals surface area contributed by atoms with Gasteiger partial charge in [-0.25, -0.2) is 0 Å². The second-order valence-electron chi connectivity index (χ2n) is 5.23. The van der Waals surface area contributed by atoms with E-state index in [-0.39, 0.29) is 0 Å². The van der Waals surface area contributed by atoms with E-state index in [1.807, 2.05) is 11.8 Å². The highest BCUT2D eigenvalue weighted by atomic mass is 32.2. The van der Waals surface area contributed by atoms with Crippen molar-refractivity contribution in [2.45, 2.75) is 37.6 Å². The summed E-state index contributed by atoms with van der Waals surface area (Å²) in [4.78, 5) is 4.68. The molecule has 2 aliphatic heterocycles. The lowest BCUT2D eigenvalue weighted by atomic mass is 9.93. The first kappa shape index (κ1) is 10.9. The van der Waals surface area contributed by atoms with Gasteiger partial charge in [0.1, 0.15) is 0 Å². The summed E-state index contributed by atoms with van der Waals surface area (Å²) < 4.78 is 5.42. The van der Waals surface area contributed by atoms with Crippen molar-refractivity contribution in [1.82, 2.24) is 5.32 Å². The van der Waals surface area contributed by atoms with E-state index in [1.54, 1.807) is 0 Å². The van der Waals surface area contributed by atoms with Gasteiger partial charge in [0.25, 0.3) is 0 Å². The number of hydrogen-bond acceptors (Lipinski definition) is 3. The summed E-state index contributed by atoms with van der Waals surface area (Å²) in [6.07, 6.45) is 6.45. The van der Waals surface area contributed by atoms with Crippen molar-refractivity contribution in [1.29, 1.82) is 0 Å². The fraction of sp³-hybridized carbons (Fsp3) is 0.917. The maximum absolute atomic E-state index is 5.42. The molecule has 1 N–H and O–H groups in total. The molecule has 2 saturated heterocycles. The Bertz CT molecular complexity index is 283. The molecule has 3 aliphatic rings. The van der Waals surface area contributed by atoms with E-state index in [1.165, 1.54) is 30.2 Å². The van der Waals surface area contributed by atoms with Gasteiger partial charge >= 0.3 is 0 Å². The Morgan fingerprint density at radius 1 is 1.38 bits per heavy atom. The lowest BCUT2D eigenvalue weighted by Gasteiger charge is -2.32. The van der Waals surface area contributed by atoms with E-state index in [4.69, 9.17) is 4.74 Å².